The summed E-state index contributed by atoms with van der Waals surface area (Å²) in [6.45, 7) is 4.32. The zero-order valence-electron chi connectivity index (χ0n) is 15.5. The molecule has 26 heavy (non-hydrogen) atoms. The zero-order chi connectivity index (χ0) is 18.4. The summed E-state index contributed by atoms with van der Waals surface area (Å²) in [7, 11) is 2.19. The van der Waals surface area contributed by atoms with Gasteiger partial charge in [-0.3, -0.25) is 4.98 Å². The molecule has 0 aliphatic carbocycles. The molecule has 1 aromatic heterocycles. The largest absolute Gasteiger partial charge is 0.382 e. The molecule has 0 aliphatic heterocycles. The second-order valence-electron chi connectivity index (χ2n) is 6.93. The number of anilines is 1. The molecule has 1 unspecified atom stereocenters. The van der Waals surface area contributed by atoms with Gasteiger partial charge in [0.05, 0.1) is 5.52 Å². The summed E-state index contributed by atoms with van der Waals surface area (Å²) in [5.41, 5.74) is 3.41. The standard InChI is InChI=1S/C22H26ClN3/c1-17(7-6-14-26(2)16-18-8-4-3-5-9-18)25-21-12-13-24-22-15-19(23)10-11-20(21)22/h3-5,8-13,15,17H,6-7,14,16H2,1-2H3,(H,24,25). The maximum atomic E-state index is 6.07. The second-order valence-corrected chi connectivity index (χ2v) is 7.37. The molecule has 0 radical (unpaired) electrons. The van der Waals surface area contributed by atoms with Crippen molar-refractivity contribution in [1.29, 1.82) is 0 Å². The lowest BCUT2D eigenvalue weighted by Gasteiger charge is -2.20. The van der Waals surface area contributed by atoms with Crippen LogP contribution in [0.3, 0.4) is 0 Å². The molecule has 1 N–H and O–H groups in total. The molecular weight excluding hydrogens is 342 g/mol. The molecule has 0 bridgehead atoms. The van der Waals surface area contributed by atoms with Crippen molar-refractivity contribution >= 4 is 28.2 Å². The molecule has 0 fully saturated rings. The van der Waals surface area contributed by atoms with E-state index in [0.717, 1.165) is 47.5 Å². The average molecular weight is 368 g/mol. The van der Waals surface area contributed by atoms with Gasteiger partial charge >= 0.3 is 0 Å². The van der Waals surface area contributed by atoms with Crippen LogP contribution in [0.25, 0.3) is 10.9 Å². The van der Waals surface area contributed by atoms with Crippen LogP contribution in [0.4, 0.5) is 5.69 Å². The molecule has 0 spiro atoms. The Morgan fingerprint density at radius 1 is 1.12 bits per heavy atom. The predicted octanol–water partition coefficient (Wildman–Crippen LogP) is 5.60. The Morgan fingerprint density at radius 3 is 2.73 bits per heavy atom. The van der Waals surface area contributed by atoms with Gasteiger partial charge in [-0.05, 0) is 63.2 Å². The molecule has 0 aliphatic rings. The van der Waals surface area contributed by atoms with Crippen LogP contribution < -0.4 is 5.32 Å². The van der Waals surface area contributed by atoms with Crippen LogP contribution in [-0.4, -0.2) is 29.5 Å². The van der Waals surface area contributed by atoms with Crippen molar-refractivity contribution in [3.05, 3.63) is 71.4 Å². The topological polar surface area (TPSA) is 28.2 Å². The van der Waals surface area contributed by atoms with Crippen molar-refractivity contribution in [3.8, 4) is 0 Å². The van der Waals surface area contributed by atoms with Crippen molar-refractivity contribution in [2.75, 3.05) is 18.9 Å². The van der Waals surface area contributed by atoms with E-state index >= 15 is 0 Å². The van der Waals surface area contributed by atoms with E-state index < -0.39 is 0 Å². The molecule has 1 atom stereocenters. The van der Waals surface area contributed by atoms with Crippen LogP contribution in [0.15, 0.2) is 60.8 Å². The molecule has 4 heteroatoms. The summed E-state index contributed by atoms with van der Waals surface area (Å²) in [5, 5.41) is 5.46. The summed E-state index contributed by atoms with van der Waals surface area (Å²) >= 11 is 6.07. The fourth-order valence-corrected chi connectivity index (χ4v) is 3.39. The lowest BCUT2D eigenvalue weighted by molar-refractivity contribution is 0.316. The van der Waals surface area contributed by atoms with Gasteiger partial charge in [-0.25, -0.2) is 0 Å². The van der Waals surface area contributed by atoms with Gasteiger partial charge in [0, 0.05) is 34.9 Å². The van der Waals surface area contributed by atoms with Crippen LogP contribution in [0.5, 0.6) is 0 Å². The first-order chi connectivity index (χ1) is 12.6. The van der Waals surface area contributed by atoms with E-state index in [1.807, 2.05) is 30.5 Å². The fourth-order valence-electron chi connectivity index (χ4n) is 3.23. The highest BCUT2D eigenvalue weighted by atomic mass is 35.5. The van der Waals surface area contributed by atoms with Crippen LogP contribution in [0, 0.1) is 0 Å². The number of nitrogens with zero attached hydrogens (tertiary/aromatic N) is 2. The number of benzene rings is 2. The number of rotatable bonds is 8. The van der Waals surface area contributed by atoms with Crippen molar-refractivity contribution in [2.45, 2.75) is 32.4 Å². The van der Waals surface area contributed by atoms with Gasteiger partial charge in [-0.1, -0.05) is 41.9 Å². The minimum absolute atomic E-state index is 0.404. The van der Waals surface area contributed by atoms with E-state index in [0.29, 0.717) is 6.04 Å². The van der Waals surface area contributed by atoms with Crippen molar-refractivity contribution < 1.29 is 0 Å². The van der Waals surface area contributed by atoms with E-state index in [-0.39, 0.29) is 0 Å². The molecule has 3 nitrogen and oxygen atoms in total. The first-order valence-electron chi connectivity index (χ1n) is 9.15. The summed E-state index contributed by atoms with van der Waals surface area (Å²) < 4.78 is 0. The maximum absolute atomic E-state index is 6.07. The Kier molecular flexibility index (Phi) is 6.48. The molecule has 0 saturated carbocycles. The number of halogens is 1. The third kappa shape index (κ3) is 5.20. The molecule has 3 aromatic rings. The monoisotopic (exact) mass is 367 g/mol. The number of aromatic nitrogens is 1. The molecule has 1 heterocycles. The van der Waals surface area contributed by atoms with Gasteiger partial charge < -0.3 is 10.2 Å². The number of pyridine rings is 1. The number of hydrogen-bond acceptors (Lipinski definition) is 3. The average Bonchev–Trinajstić information content (AvgIpc) is 2.62. The first kappa shape index (κ1) is 18.7. The summed E-state index contributed by atoms with van der Waals surface area (Å²) in [5.74, 6) is 0. The van der Waals surface area contributed by atoms with Crippen LogP contribution >= 0.6 is 11.6 Å². The second kappa shape index (κ2) is 9.02. The Hall–Kier alpha value is -2.10. The highest BCUT2D eigenvalue weighted by Gasteiger charge is 2.07. The molecule has 2 aromatic carbocycles. The van der Waals surface area contributed by atoms with Crippen LogP contribution in [-0.2, 0) is 6.54 Å². The third-order valence-electron chi connectivity index (χ3n) is 4.58. The Balaban J connectivity index is 1.49. The SMILES string of the molecule is CC(CCCN(C)Cc1ccccc1)Nc1ccnc2cc(Cl)ccc12. The van der Waals surface area contributed by atoms with E-state index in [1.54, 1.807) is 0 Å². The summed E-state index contributed by atoms with van der Waals surface area (Å²) in [6, 6.07) is 18.9. The highest BCUT2D eigenvalue weighted by Crippen LogP contribution is 2.25. The van der Waals surface area contributed by atoms with E-state index in [2.05, 4.69) is 59.5 Å². The molecule has 0 amide bonds. The van der Waals surface area contributed by atoms with E-state index in [1.165, 1.54) is 5.56 Å². The van der Waals surface area contributed by atoms with Crippen molar-refractivity contribution in [1.82, 2.24) is 9.88 Å². The fraction of sp³-hybridized carbons (Fsp3) is 0.318. The van der Waals surface area contributed by atoms with E-state index in [4.69, 9.17) is 11.6 Å². The van der Waals surface area contributed by atoms with Gasteiger partial charge in [0.25, 0.3) is 0 Å². The molecular formula is C22H26ClN3. The number of nitrogens with one attached hydrogen (secondary N) is 1. The highest BCUT2D eigenvalue weighted by molar-refractivity contribution is 6.31. The van der Waals surface area contributed by atoms with Gasteiger partial charge in [-0.2, -0.15) is 0 Å². The Morgan fingerprint density at radius 2 is 1.92 bits per heavy atom. The minimum Gasteiger partial charge on any atom is -0.382 e. The van der Waals surface area contributed by atoms with Gasteiger partial charge in [-0.15, -0.1) is 0 Å². The smallest absolute Gasteiger partial charge is 0.0737 e. The maximum Gasteiger partial charge on any atom is 0.0737 e. The predicted molar refractivity (Wildman–Crippen MR) is 112 cm³/mol. The first-order valence-corrected chi connectivity index (χ1v) is 9.53. The summed E-state index contributed by atoms with van der Waals surface area (Å²) in [4.78, 5) is 6.78. The molecule has 136 valence electrons. The normalized spacial score (nSPS) is 12.5. The Bertz CT molecular complexity index is 835. The molecule has 3 rings (SSSR count). The van der Waals surface area contributed by atoms with Crippen molar-refractivity contribution in [3.63, 3.8) is 0 Å². The lowest BCUT2D eigenvalue weighted by atomic mass is 10.1. The lowest BCUT2D eigenvalue weighted by Crippen LogP contribution is -2.22. The van der Waals surface area contributed by atoms with Gasteiger partial charge in [0.1, 0.15) is 0 Å². The zero-order valence-corrected chi connectivity index (χ0v) is 16.2. The number of hydrogen-bond donors (Lipinski definition) is 1. The van der Waals surface area contributed by atoms with Gasteiger partial charge in [0.2, 0.25) is 0 Å². The van der Waals surface area contributed by atoms with Gasteiger partial charge in [0.15, 0.2) is 0 Å². The third-order valence-corrected chi connectivity index (χ3v) is 4.81. The minimum atomic E-state index is 0.404. The van der Waals surface area contributed by atoms with E-state index in [9.17, 15) is 0 Å². The summed E-state index contributed by atoms with van der Waals surface area (Å²) in [6.07, 6.45) is 4.12. The van der Waals surface area contributed by atoms with Crippen molar-refractivity contribution in [2.24, 2.45) is 0 Å². The molecule has 0 saturated heterocycles. The number of fused-ring (bicyclic) bond motifs is 1. The quantitative estimate of drug-likeness (QED) is 0.561. The Labute approximate surface area is 161 Å². The van der Waals surface area contributed by atoms with Crippen LogP contribution in [0.2, 0.25) is 5.02 Å². The van der Waals surface area contributed by atoms with Crippen LogP contribution in [0.1, 0.15) is 25.3 Å².